The molecule has 3 rings (SSSR count). The van der Waals surface area contributed by atoms with Gasteiger partial charge in [-0.3, -0.25) is 9.59 Å². The minimum absolute atomic E-state index is 0.00625. The number of halogens is 1. The number of amides is 2. The van der Waals surface area contributed by atoms with Crippen molar-refractivity contribution in [2.45, 2.75) is 38.6 Å². The highest BCUT2D eigenvalue weighted by molar-refractivity contribution is 6.30. The fourth-order valence-corrected chi connectivity index (χ4v) is 3.71. The maximum atomic E-state index is 12.6. The van der Waals surface area contributed by atoms with Crippen molar-refractivity contribution >= 4 is 23.4 Å². The number of piperidine rings is 1. The van der Waals surface area contributed by atoms with Gasteiger partial charge < -0.3 is 10.2 Å². The predicted molar refractivity (Wildman–Crippen MR) is 112 cm³/mol. The molecule has 148 valence electrons. The molecule has 5 heteroatoms. The Kier molecular flexibility index (Phi) is 7.10. The molecule has 2 aromatic rings. The maximum absolute atomic E-state index is 12.6. The number of nitrogens with zero attached hydrogens (tertiary/aromatic N) is 1. The molecule has 1 heterocycles. The smallest absolute Gasteiger partial charge is 0.253 e. The lowest BCUT2D eigenvalue weighted by atomic mass is 9.94. The number of carbonyl (C=O) groups is 2. The minimum atomic E-state index is -0.0200. The number of rotatable bonds is 6. The van der Waals surface area contributed by atoms with Gasteiger partial charge in [0.05, 0.1) is 0 Å². The summed E-state index contributed by atoms with van der Waals surface area (Å²) in [4.78, 5) is 27.0. The number of carbonyl (C=O) groups excluding carboxylic acids is 2. The lowest BCUT2D eigenvalue weighted by Crippen LogP contribution is -2.44. The summed E-state index contributed by atoms with van der Waals surface area (Å²) in [6, 6.07) is 17.4. The van der Waals surface area contributed by atoms with Gasteiger partial charge in [0.25, 0.3) is 5.91 Å². The van der Waals surface area contributed by atoms with Gasteiger partial charge in [0, 0.05) is 35.6 Å². The van der Waals surface area contributed by atoms with Gasteiger partial charge in [0.15, 0.2) is 0 Å². The van der Waals surface area contributed by atoms with Crippen LogP contribution in [0.4, 0.5) is 0 Å². The first kappa shape index (κ1) is 20.4. The van der Waals surface area contributed by atoms with E-state index in [9.17, 15) is 9.59 Å². The molecule has 2 aromatic carbocycles. The van der Waals surface area contributed by atoms with Crippen LogP contribution in [0.3, 0.4) is 0 Å². The van der Waals surface area contributed by atoms with Gasteiger partial charge in [0.1, 0.15) is 0 Å². The quantitative estimate of drug-likeness (QED) is 0.787. The van der Waals surface area contributed by atoms with Crippen molar-refractivity contribution in [3.63, 3.8) is 0 Å². The van der Waals surface area contributed by atoms with E-state index in [0.717, 1.165) is 12.8 Å². The molecular weight excluding hydrogens is 372 g/mol. The van der Waals surface area contributed by atoms with Crippen LogP contribution < -0.4 is 5.32 Å². The second-order valence-electron chi connectivity index (χ2n) is 7.51. The molecule has 1 atom stereocenters. The zero-order chi connectivity index (χ0) is 19.9. The van der Waals surface area contributed by atoms with Gasteiger partial charge in [0.2, 0.25) is 5.91 Å². The highest BCUT2D eigenvalue weighted by Crippen LogP contribution is 2.20. The van der Waals surface area contributed by atoms with Crippen LogP contribution in [0.2, 0.25) is 5.02 Å². The van der Waals surface area contributed by atoms with Gasteiger partial charge in [-0.25, -0.2) is 0 Å². The average Bonchev–Trinajstić information content (AvgIpc) is 2.73. The molecule has 28 heavy (non-hydrogen) atoms. The zero-order valence-electron chi connectivity index (χ0n) is 16.2. The van der Waals surface area contributed by atoms with E-state index in [2.05, 4.69) is 24.4 Å². The van der Waals surface area contributed by atoms with Crippen molar-refractivity contribution < 1.29 is 9.59 Å². The highest BCUT2D eigenvalue weighted by Gasteiger charge is 2.28. The van der Waals surface area contributed by atoms with E-state index in [0.29, 0.717) is 36.5 Å². The van der Waals surface area contributed by atoms with Gasteiger partial charge in [-0.05, 0) is 62.4 Å². The van der Waals surface area contributed by atoms with Crippen LogP contribution in [-0.2, 0) is 11.2 Å². The number of hydrogen-bond donors (Lipinski definition) is 1. The molecule has 1 unspecified atom stereocenters. The van der Waals surface area contributed by atoms with Gasteiger partial charge >= 0.3 is 0 Å². The first-order chi connectivity index (χ1) is 13.5. The van der Waals surface area contributed by atoms with Crippen molar-refractivity contribution in [1.29, 1.82) is 0 Å². The maximum Gasteiger partial charge on any atom is 0.253 e. The molecule has 0 aromatic heterocycles. The first-order valence-corrected chi connectivity index (χ1v) is 10.3. The summed E-state index contributed by atoms with van der Waals surface area (Å²) in [6.07, 6.45) is 3.28. The van der Waals surface area contributed by atoms with Crippen LogP contribution in [0, 0.1) is 5.92 Å². The van der Waals surface area contributed by atoms with Crippen molar-refractivity contribution in [3.05, 3.63) is 70.7 Å². The summed E-state index contributed by atoms with van der Waals surface area (Å²) in [5.41, 5.74) is 1.93. The third-order valence-corrected chi connectivity index (χ3v) is 5.59. The van der Waals surface area contributed by atoms with Crippen LogP contribution >= 0.6 is 11.6 Å². The van der Waals surface area contributed by atoms with E-state index >= 15 is 0 Å². The Morgan fingerprint density at radius 1 is 1.07 bits per heavy atom. The van der Waals surface area contributed by atoms with E-state index in [-0.39, 0.29) is 23.8 Å². The standard InChI is InChI=1S/C23H27ClN2O2/c1-17(7-8-18-5-3-2-4-6-18)25-22(27)19-13-15-26(16-14-19)23(28)20-9-11-21(24)12-10-20/h2-6,9-12,17,19H,7-8,13-16H2,1H3,(H,25,27). The molecule has 1 N–H and O–H groups in total. The normalized spacial score (nSPS) is 15.9. The van der Waals surface area contributed by atoms with E-state index in [1.165, 1.54) is 5.56 Å². The molecule has 1 aliphatic heterocycles. The third kappa shape index (κ3) is 5.59. The topological polar surface area (TPSA) is 49.4 Å². The van der Waals surface area contributed by atoms with Crippen molar-refractivity contribution in [2.75, 3.05) is 13.1 Å². The number of likely N-dealkylation sites (tertiary alicyclic amines) is 1. The summed E-state index contributed by atoms with van der Waals surface area (Å²) >= 11 is 5.89. The second kappa shape index (κ2) is 9.74. The van der Waals surface area contributed by atoms with Gasteiger partial charge in [-0.15, -0.1) is 0 Å². The predicted octanol–water partition coefficient (Wildman–Crippen LogP) is 4.33. The lowest BCUT2D eigenvalue weighted by Gasteiger charge is -2.32. The monoisotopic (exact) mass is 398 g/mol. The summed E-state index contributed by atoms with van der Waals surface area (Å²) in [5.74, 6) is 0.0966. The molecule has 0 radical (unpaired) electrons. The third-order valence-electron chi connectivity index (χ3n) is 5.34. The second-order valence-corrected chi connectivity index (χ2v) is 7.94. The lowest BCUT2D eigenvalue weighted by molar-refractivity contribution is -0.126. The van der Waals surface area contributed by atoms with Crippen LogP contribution in [0.1, 0.15) is 42.1 Å². The summed E-state index contributed by atoms with van der Waals surface area (Å²) < 4.78 is 0. The van der Waals surface area contributed by atoms with Gasteiger partial charge in [-0.1, -0.05) is 41.9 Å². The molecule has 0 saturated carbocycles. The Hall–Kier alpha value is -2.33. The molecule has 1 fully saturated rings. The zero-order valence-corrected chi connectivity index (χ0v) is 17.0. The Labute approximate surface area is 171 Å². The molecule has 0 bridgehead atoms. The van der Waals surface area contributed by atoms with Crippen molar-refractivity contribution in [2.24, 2.45) is 5.92 Å². The molecule has 1 aliphatic rings. The van der Waals surface area contributed by atoms with E-state index < -0.39 is 0 Å². The Bertz CT molecular complexity index is 784. The fourth-order valence-electron chi connectivity index (χ4n) is 3.58. The number of nitrogens with one attached hydrogen (secondary N) is 1. The largest absolute Gasteiger partial charge is 0.353 e. The Morgan fingerprint density at radius 3 is 2.36 bits per heavy atom. The molecule has 2 amide bonds. The van der Waals surface area contributed by atoms with Crippen LogP contribution in [0.25, 0.3) is 0 Å². The Morgan fingerprint density at radius 2 is 1.71 bits per heavy atom. The number of hydrogen-bond acceptors (Lipinski definition) is 2. The van der Waals surface area contributed by atoms with Crippen LogP contribution in [0.15, 0.2) is 54.6 Å². The van der Waals surface area contributed by atoms with E-state index in [1.807, 2.05) is 23.1 Å². The van der Waals surface area contributed by atoms with Crippen LogP contribution in [-0.4, -0.2) is 35.8 Å². The van der Waals surface area contributed by atoms with Gasteiger partial charge in [-0.2, -0.15) is 0 Å². The SMILES string of the molecule is CC(CCc1ccccc1)NC(=O)C1CCN(C(=O)c2ccc(Cl)cc2)CC1. The summed E-state index contributed by atoms with van der Waals surface area (Å²) in [5, 5.41) is 3.76. The molecule has 0 aliphatic carbocycles. The minimum Gasteiger partial charge on any atom is -0.353 e. The molecule has 0 spiro atoms. The first-order valence-electron chi connectivity index (χ1n) is 9.92. The Balaban J connectivity index is 1.43. The number of aryl methyl sites for hydroxylation is 1. The van der Waals surface area contributed by atoms with Crippen molar-refractivity contribution in [1.82, 2.24) is 10.2 Å². The van der Waals surface area contributed by atoms with Crippen molar-refractivity contribution in [3.8, 4) is 0 Å². The molecular formula is C23H27ClN2O2. The highest BCUT2D eigenvalue weighted by atomic mass is 35.5. The van der Waals surface area contributed by atoms with E-state index in [1.54, 1.807) is 24.3 Å². The average molecular weight is 399 g/mol. The summed E-state index contributed by atoms with van der Waals surface area (Å²) in [7, 11) is 0. The number of benzene rings is 2. The molecule has 1 saturated heterocycles. The fraction of sp³-hybridized carbons (Fsp3) is 0.391. The van der Waals surface area contributed by atoms with Crippen LogP contribution in [0.5, 0.6) is 0 Å². The molecule has 4 nitrogen and oxygen atoms in total. The van der Waals surface area contributed by atoms with E-state index in [4.69, 9.17) is 11.6 Å². The summed E-state index contributed by atoms with van der Waals surface area (Å²) in [6.45, 7) is 3.27.